The van der Waals surface area contributed by atoms with Crippen LogP contribution in [0.2, 0.25) is 0 Å². The van der Waals surface area contributed by atoms with E-state index in [1.807, 2.05) is 11.4 Å². The van der Waals surface area contributed by atoms with Crippen LogP contribution in [0.5, 0.6) is 0 Å². The monoisotopic (exact) mass is 301 g/mol. The molecule has 0 aliphatic rings. The van der Waals surface area contributed by atoms with Gasteiger partial charge in [-0.3, -0.25) is 4.79 Å². The number of thiophene rings is 1. The third-order valence-electron chi connectivity index (χ3n) is 3.31. The van der Waals surface area contributed by atoms with E-state index in [1.54, 1.807) is 18.5 Å². The first-order valence-corrected chi connectivity index (χ1v) is 7.66. The Hall–Kier alpha value is -2.28. The summed E-state index contributed by atoms with van der Waals surface area (Å²) < 4.78 is 2.12. The van der Waals surface area contributed by atoms with E-state index in [2.05, 4.69) is 33.8 Å². The molecule has 0 saturated heterocycles. The molecule has 0 N–H and O–H groups in total. The minimum Gasteiger partial charge on any atom is -0.357 e. The largest absolute Gasteiger partial charge is 0.357 e. The van der Waals surface area contributed by atoms with Crippen LogP contribution in [0.3, 0.4) is 0 Å². The summed E-state index contributed by atoms with van der Waals surface area (Å²) in [5.74, 6) is 1.10. The highest BCUT2D eigenvalue weighted by molar-refractivity contribution is 7.17. The fraction of sp³-hybridized carbons (Fsp3) is 0.286. The summed E-state index contributed by atoms with van der Waals surface area (Å²) >= 11 is 1.50. The van der Waals surface area contributed by atoms with Crippen LogP contribution in [-0.2, 0) is 0 Å². The molecule has 3 aromatic heterocycles. The third kappa shape index (κ3) is 2.40. The van der Waals surface area contributed by atoms with E-state index < -0.39 is 0 Å². The Labute approximate surface area is 125 Å². The zero-order valence-corrected chi connectivity index (χ0v) is 12.7. The molecule has 108 valence electrons. The molecule has 3 heterocycles. The van der Waals surface area contributed by atoms with Crippen LogP contribution in [0.1, 0.15) is 13.8 Å². The van der Waals surface area contributed by atoms with Gasteiger partial charge in [0.1, 0.15) is 5.82 Å². The van der Waals surface area contributed by atoms with Gasteiger partial charge in [0.2, 0.25) is 0 Å². The van der Waals surface area contributed by atoms with Crippen molar-refractivity contribution in [2.45, 2.75) is 13.8 Å². The maximum absolute atomic E-state index is 12.4. The number of anilines is 1. The number of nitrogens with zero attached hydrogens (tertiary/aromatic N) is 5. The number of hydrogen-bond donors (Lipinski definition) is 0. The molecule has 0 radical (unpaired) electrons. The smallest absolute Gasteiger partial charge is 0.282 e. The van der Waals surface area contributed by atoms with Crippen LogP contribution >= 0.6 is 11.3 Å². The molecule has 3 rings (SSSR count). The first kappa shape index (κ1) is 13.7. The first-order valence-electron chi connectivity index (χ1n) is 6.78. The van der Waals surface area contributed by atoms with Gasteiger partial charge in [0.25, 0.3) is 11.5 Å². The van der Waals surface area contributed by atoms with Crippen molar-refractivity contribution >= 4 is 27.2 Å². The minimum atomic E-state index is -0.189. The molecule has 0 unspecified atom stereocenters. The average molecular weight is 301 g/mol. The van der Waals surface area contributed by atoms with Crippen molar-refractivity contribution in [1.82, 2.24) is 19.7 Å². The number of fused-ring (bicyclic) bond motifs is 1. The van der Waals surface area contributed by atoms with Crippen LogP contribution in [0.15, 0.2) is 34.7 Å². The van der Waals surface area contributed by atoms with Gasteiger partial charge in [0, 0.05) is 19.3 Å². The molecule has 0 fully saturated rings. The molecule has 0 saturated carbocycles. The lowest BCUT2D eigenvalue weighted by Crippen LogP contribution is -2.26. The zero-order chi connectivity index (χ0) is 14.8. The van der Waals surface area contributed by atoms with Crippen LogP contribution in [0.25, 0.3) is 16.0 Å². The molecule has 0 aliphatic heterocycles. The first-order chi connectivity index (χ1) is 10.2. The molecule has 6 nitrogen and oxygen atoms in total. The summed E-state index contributed by atoms with van der Waals surface area (Å²) in [5, 5.41) is 6.70. The van der Waals surface area contributed by atoms with Gasteiger partial charge in [-0.25, -0.2) is 4.98 Å². The van der Waals surface area contributed by atoms with E-state index in [0.29, 0.717) is 11.3 Å². The van der Waals surface area contributed by atoms with E-state index in [1.165, 1.54) is 16.0 Å². The molecule has 0 aliphatic carbocycles. The van der Waals surface area contributed by atoms with Gasteiger partial charge in [-0.2, -0.15) is 14.8 Å². The topological polar surface area (TPSA) is 63.9 Å². The lowest BCUT2D eigenvalue weighted by atomic mass is 10.4. The predicted octanol–water partition coefficient (Wildman–Crippen LogP) is 2.08. The van der Waals surface area contributed by atoms with E-state index >= 15 is 0 Å². The predicted molar refractivity (Wildman–Crippen MR) is 84.4 cm³/mol. The lowest BCUT2D eigenvalue weighted by molar-refractivity contribution is 0.751. The summed E-state index contributed by atoms with van der Waals surface area (Å²) in [6, 6.07) is 3.64. The van der Waals surface area contributed by atoms with Gasteiger partial charge in [-0.05, 0) is 31.4 Å². The second kappa shape index (κ2) is 5.61. The SMILES string of the molecule is CCN(CC)c1ccnc(-n2ncc3sccc3c2=O)n1. The van der Waals surface area contributed by atoms with Crippen LogP contribution in [0, 0.1) is 0 Å². The van der Waals surface area contributed by atoms with Crippen LogP contribution in [0.4, 0.5) is 5.82 Å². The molecule has 7 heteroatoms. The Morgan fingerprint density at radius 2 is 2.10 bits per heavy atom. The molecule has 3 aromatic rings. The Kier molecular flexibility index (Phi) is 3.66. The normalized spacial score (nSPS) is 11.0. The molecule has 0 bridgehead atoms. The van der Waals surface area contributed by atoms with Gasteiger partial charge in [0.15, 0.2) is 0 Å². The Morgan fingerprint density at radius 1 is 1.29 bits per heavy atom. The van der Waals surface area contributed by atoms with Crippen LogP contribution < -0.4 is 10.5 Å². The van der Waals surface area contributed by atoms with E-state index in [0.717, 1.165) is 23.6 Å². The molecule has 0 amide bonds. The van der Waals surface area contributed by atoms with Crippen LogP contribution in [-0.4, -0.2) is 32.8 Å². The Morgan fingerprint density at radius 3 is 2.86 bits per heavy atom. The second-order valence-electron chi connectivity index (χ2n) is 4.45. The number of rotatable bonds is 4. The summed E-state index contributed by atoms with van der Waals surface area (Å²) in [5.41, 5.74) is -0.189. The van der Waals surface area contributed by atoms with Gasteiger partial charge >= 0.3 is 0 Å². The molecule has 0 spiro atoms. The van der Waals surface area contributed by atoms with Crippen molar-refractivity contribution in [3.05, 3.63) is 40.3 Å². The van der Waals surface area contributed by atoms with Crippen molar-refractivity contribution in [3.63, 3.8) is 0 Å². The summed E-state index contributed by atoms with van der Waals surface area (Å²) in [7, 11) is 0. The average Bonchev–Trinajstić information content (AvgIpc) is 2.99. The standard InChI is InChI=1S/C14H15N5OS/c1-3-18(4-2)12-5-7-15-14(17-12)19-13(20)10-6-8-21-11(10)9-16-19/h5-9H,3-4H2,1-2H3. The molecular formula is C14H15N5OS. The highest BCUT2D eigenvalue weighted by Gasteiger charge is 2.11. The molecule has 0 aromatic carbocycles. The summed E-state index contributed by atoms with van der Waals surface area (Å²) in [4.78, 5) is 23.2. The minimum absolute atomic E-state index is 0.189. The molecular weight excluding hydrogens is 286 g/mol. The number of hydrogen-bond acceptors (Lipinski definition) is 6. The quantitative estimate of drug-likeness (QED) is 0.738. The summed E-state index contributed by atoms with van der Waals surface area (Å²) in [6.07, 6.45) is 3.33. The van der Waals surface area contributed by atoms with Gasteiger partial charge in [-0.15, -0.1) is 11.3 Å². The van der Waals surface area contributed by atoms with E-state index in [4.69, 9.17) is 0 Å². The fourth-order valence-electron chi connectivity index (χ4n) is 2.18. The summed E-state index contributed by atoms with van der Waals surface area (Å²) in [6.45, 7) is 5.82. The van der Waals surface area contributed by atoms with E-state index in [9.17, 15) is 4.79 Å². The van der Waals surface area contributed by atoms with Crippen molar-refractivity contribution in [1.29, 1.82) is 0 Å². The highest BCUT2D eigenvalue weighted by Crippen LogP contribution is 2.16. The van der Waals surface area contributed by atoms with Crippen molar-refractivity contribution in [2.75, 3.05) is 18.0 Å². The number of aromatic nitrogens is 4. The molecule has 21 heavy (non-hydrogen) atoms. The maximum Gasteiger partial charge on any atom is 0.282 e. The maximum atomic E-state index is 12.4. The van der Waals surface area contributed by atoms with Crippen molar-refractivity contribution < 1.29 is 0 Å². The lowest BCUT2D eigenvalue weighted by Gasteiger charge is -2.19. The van der Waals surface area contributed by atoms with Gasteiger partial charge < -0.3 is 4.90 Å². The van der Waals surface area contributed by atoms with Crippen molar-refractivity contribution in [2.24, 2.45) is 0 Å². The Bertz CT molecular complexity index is 821. The molecule has 0 atom stereocenters. The second-order valence-corrected chi connectivity index (χ2v) is 5.39. The third-order valence-corrected chi connectivity index (χ3v) is 4.16. The zero-order valence-electron chi connectivity index (χ0n) is 11.9. The van der Waals surface area contributed by atoms with Gasteiger partial charge in [-0.1, -0.05) is 0 Å². The fourth-order valence-corrected chi connectivity index (χ4v) is 2.92. The van der Waals surface area contributed by atoms with Gasteiger partial charge in [0.05, 0.1) is 16.3 Å². The van der Waals surface area contributed by atoms with Crippen molar-refractivity contribution in [3.8, 4) is 5.95 Å². The Balaban J connectivity index is 2.12. The highest BCUT2D eigenvalue weighted by atomic mass is 32.1. The van der Waals surface area contributed by atoms with E-state index in [-0.39, 0.29) is 5.56 Å².